The van der Waals surface area contributed by atoms with Gasteiger partial charge in [-0.3, -0.25) is 4.79 Å². The maximum atomic E-state index is 11.4. The standard InChI is InChI=1S/C21H42O4.Ca.H2O.2H/c1-2-3-4-5-6-7-8-9-10-11-12-13-14-15-16-17-21(24)25-19-20(23)18-22;;;;/h20,22-23H,2-19H2,1H3;;1H2;;/q;+2;;2*-1. The van der Waals surface area contributed by atoms with Crippen LogP contribution in [0.4, 0.5) is 0 Å². The summed E-state index contributed by atoms with van der Waals surface area (Å²) in [5.74, 6) is -0.276. The van der Waals surface area contributed by atoms with Gasteiger partial charge in [-0.2, -0.15) is 0 Å². The molecule has 0 aromatic rings. The summed E-state index contributed by atoms with van der Waals surface area (Å²) in [6, 6.07) is 0. The molecule has 6 heteroatoms. The van der Waals surface area contributed by atoms with E-state index in [1.807, 2.05) is 0 Å². The first kappa shape index (κ1) is 32.3. The van der Waals surface area contributed by atoms with E-state index >= 15 is 0 Å². The van der Waals surface area contributed by atoms with E-state index in [4.69, 9.17) is 14.9 Å². The van der Waals surface area contributed by atoms with Gasteiger partial charge in [-0.05, 0) is 6.42 Å². The number of aliphatic hydroxyl groups is 2. The van der Waals surface area contributed by atoms with Gasteiger partial charge in [-0.15, -0.1) is 0 Å². The minimum Gasteiger partial charge on any atom is -1.00 e. The first-order valence-electron chi connectivity index (χ1n) is 10.6. The summed E-state index contributed by atoms with van der Waals surface area (Å²) in [5, 5.41) is 17.7. The molecule has 4 N–H and O–H groups in total. The van der Waals surface area contributed by atoms with Crippen molar-refractivity contribution in [3.63, 3.8) is 0 Å². The number of carbonyl (C=O) groups is 1. The van der Waals surface area contributed by atoms with Crippen molar-refractivity contribution in [3.05, 3.63) is 0 Å². The normalized spacial score (nSPS) is 11.4. The Kier molecular flexibility index (Phi) is 31.8. The molecular weight excluding hydrogens is 372 g/mol. The second kappa shape index (κ2) is 26.6. The van der Waals surface area contributed by atoms with Gasteiger partial charge >= 0.3 is 43.7 Å². The van der Waals surface area contributed by atoms with Gasteiger partial charge in [0.1, 0.15) is 12.7 Å². The number of hydrogen-bond donors (Lipinski definition) is 2. The van der Waals surface area contributed by atoms with Gasteiger partial charge < -0.3 is 23.3 Å². The number of aliphatic hydroxyl groups excluding tert-OH is 2. The van der Waals surface area contributed by atoms with E-state index < -0.39 is 6.10 Å². The Balaban J connectivity index is -0.000000480. The Bertz CT molecular complexity index is 300. The van der Waals surface area contributed by atoms with Gasteiger partial charge in [0.05, 0.1) is 6.61 Å². The summed E-state index contributed by atoms with van der Waals surface area (Å²) >= 11 is 0. The van der Waals surface area contributed by atoms with Crippen molar-refractivity contribution in [2.75, 3.05) is 13.2 Å². The van der Waals surface area contributed by atoms with Gasteiger partial charge in [0.25, 0.3) is 0 Å². The van der Waals surface area contributed by atoms with Crippen molar-refractivity contribution < 1.29 is 28.1 Å². The van der Waals surface area contributed by atoms with Crippen LogP contribution in [0, 0.1) is 0 Å². The number of ether oxygens (including phenoxy) is 1. The van der Waals surface area contributed by atoms with Crippen LogP contribution in [0.2, 0.25) is 0 Å². The fraction of sp³-hybridized carbons (Fsp3) is 0.952. The predicted octanol–water partition coefficient (Wildman–Crippen LogP) is 4.16. The molecule has 0 radical (unpaired) electrons. The van der Waals surface area contributed by atoms with Crippen LogP contribution in [0.1, 0.15) is 113 Å². The van der Waals surface area contributed by atoms with Gasteiger partial charge in [0.2, 0.25) is 0 Å². The first-order valence-corrected chi connectivity index (χ1v) is 10.6. The molecule has 0 spiro atoms. The van der Waals surface area contributed by atoms with E-state index in [-0.39, 0.29) is 65.3 Å². The van der Waals surface area contributed by atoms with Crippen LogP contribution >= 0.6 is 0 Å². The molecule has 1 unspecified atom stereocenters. The molecule has 0 heterocycles. The monoisotopic (exact) mass is 418 g/mol. The molecule has 0 rings (SSSR count). The van der Waals surface area contributed by atoms with E-state index in [2.05, 4.69) is 6.92 Å². The van der Waals surface area contributed by atoms with Crippen LogP contribution in [0.5, 0.6) is 0 Å². The van der Waals surface area contributed by atoms with E-state index in [9.17, 15) is 4.79 Å². The smallest absolute Gasteiger partial charge is 1.00 e. The zero-order chi connectivity index (χ0) is 18.6. The first-order chi connectivity index (χ1) is 12.2. The average molecular weight is 419 g/mol. The second-order valence-electron chi connectivity index (χ2n) is 7.22. The van der Waals surface area contributed by atoms with Gasteiger partial charge in [-0.1, -0.05) is 96.8 Å². The predicted molar refractivity (Wildman–Crippen MR) is 115 cm³/mol. The minimum atomic E-state index is -0.954. The SMILES string of the molecule is CCCCCCCCCCCCCCCCCC(=O)OCC(O)CO.O.[Ca+2].[H-].[H-]. The fourth-order valence-electron chi connectivity index (χ4n) is 2.95. The van der Waals surface area contributed by atoms with Gasteiger partial charge in [0, 0.05) is 6.42 Å². The van der Waals surface area contributed by atoms with Gasteiger partial charge in [0.15, 0.2) is 0 Å². The molecular formula is C21H46CaO5. The molecule has 0 amide bonds. The summed E-state index contributed by atoms with van der Waals surface area (Å²) in [4.78, 5) is 11.4. The van der Waals surface area contributed by atoms with Crippen molar-refractivity contribution in [2.45, 2.75) is 116 Å². The molecule has 0 aromatic carbocycles. The quantitative estimate of drug-likeness (QED) is 0.187. The molecule has 0 aliphatic heterocycles. The van der Waals surface area contributed by atoms with Crippen molar-refractivity contribution in [1.29, 1.82) is 0 Å². The molecule has 0 aliphatic rings. The van der Waals surface area contributed by atoms with Crippen LogP contribution in [-0.4, -0.2) is 78.7 Å². The molecule has 162 valence electrons. The number of carbonyl (C=O) groups excluding carboxylic acids is 1. The van der Waals surface area contributed by atoms with E-state index in [0.717, 1.165) is 12.8 Å². The Labute approximate surface area is 199 Å². The molecule has 0 fully saturated rings. The van der Waals surface area contributed by atoms with E-state index in [0.29, 0.717) is 6.42 Å². The Morgan fingerprint density at radius 3 is 1.56 bits per heavy atom. The van der Waals surface area contributed by atoms with E-state index in [1.165, 1.54) is 83.5 Å². The summed E-state index contributed by atoms with van der Waals surface area (Å²) in [6.45, 7) is 1.79. The Morgan fingerprint density at radius 2 is 1.19 bits per heavy atom. The van der Waals surface area contributed by atoms with Crippen LogP contribution < -0.4 is 0 Å². The number of hydrogen-bond acceptors (Lipinski definition) is 4. The summed E-state index contributed by atoms with van der Waals surface area (Å²) < 4.78 is 4.86. The number of rotatable bonds is 19. The Hall–Kier alpha value is 0.610. The molecule has 5 nitrogen and oxygen atoms in total. The fourth-order valence-corrected chi connectivity index (χ4v) is 2.95. The molecule has 0 aliphatic carbocycles. The minimum absolute atomic E-state index is 0. The molecule has 0 aromatic heterocycles. The summed E-state index contributed by atoms with van der Waals surface area (Å²) in [7, 11) is 0. The van der Waals surface area contributed by atoms with Crippen LogP contribution in [0.15, 0.2) is 0 Å². The number of esters is 1. The summed E-state index contributed by atoms with van der Waals surface area (Å²) in [5.41, 5.74) is 0. The van der Waals surface area contributed by atoms with Crippen molar-refractivity contribution >= 4 is 43.7 Å². The third kappa shape index (κ3) is 26.6. The third-order valence-electron chi connectivity index (χ3n) is 4.63. The van der Waals surface area contributed by atoms with E-state index in [1.54, 1.807) is 0 Å². The van der Waals surface area contributed by atoms with Gasteiger partial charge in [-0.25, -0.2) is 0 Å². The number of unbranched alkanes of at least 4 members (excludes halogenated alkanes) is 14. The zero-order valence-corrected chi connectivity index (χ0v) is 19.9. The molecule has 1 atom stereocenters. The van der Waals surface area contributed by atoms with Crippen LogP contribution in [0.25, 0.3) is 0 Å². The van der Waals surface area contributed by atoms with Crippen molar-refractivity contribution in [1.82, 2.24) is 0 Å². The third-order valence-corrected chi connectivity index (χ3v) is 4.63. The van der Waals surface area contributed by atoms with Crippen LogP contribution in [0.3, 0.4) is 0 Å². The average Bonchev–Trinajstić information content (AvgIpc) is 2.62. The second-order valence-corrected chi connectivity index (χ2v) is 7.22. The van der Waals surface area contributed by atoms with Crippen LogP contribution in [-0.2, 0) is 9.53 Å². The largest absolute Gasteiger partial charge is 2.00 e. The Morgan fingerprint density at radius 1 is 0.815 bits per heavy atom. The summed E-state index contributed by atoms with van der Waals surface area (Å²) in [6.07, 6.45) is 19.0. The molecule has 27 heavy (non-hydrogen) atoms. The van der Waals surface area contributed by atoms with Crippen molar-refractivity contribution in [3.8, 4) is 0 Å². The molecule has 0 bridgehead atoms. The zero-order valence-electron chi connectivity index (χ0n) is 19.7. The van der Waals surface area contributed by atoms with Crippen molar-refractivity contribution in [2.24, 2.45) is 0 Å². The maximum absolute atomic E-state index is 11.4. The molecule has 0 saturated heterocycles. The molecule has 0 saturated carbocycles. The maximum Gasteiger partial charge on any atom is 2.00 e. The topological polar surface area (TPSA) is 98.3 Å².